The number of hydrogen-bond donors (Lipinski definition) is 1. The van der Waals surface area contributed by atoms with Crippen molar-refractivity contribution in [3.63, 3.8) is 0 Å². The molecule has 0 radical (unpaired) electrons. The van der Waals surface area contributed by atoms with Gasteiger partial charge in [0.1, 0.15) is 11.9 Å². The maximum Gasteiger partial charge on any atom is 0.261 e. The number of nitrogens with zero attached hydrogens (tertiary/aromatic N) is 6. The molecule has 46 heavy (non-hydrogen) atoms. The van der Waals surface area contributed by atoms with Crippen LogP contribution in [0.5, 0.6) is 0 Å². The van der Waals surface area contributed by atoms with Crippen LogP contribution in [0.1, 0.15) is 66.4 Å². The van der Waals surface area contributed by atoms with Crippen molar-refractivity contribution in [3.05, 3.63) is 129 Å². The first-order chi connectivity index (χ1) is 22.7. The molecule has 0 aliphatic carbocycles. The SMILES string of the molecule is CCCCc1nc2ccc(C3CC4c5ccccc5CCN4O3)cc2c(=O)n1Cc1ccc(-c2ccccc2-c2nn[nH]n2)cc1. The Morgan fingerprint density at radius 1 is 0.957 bits per heavy atom. The quantitative estimate of drug-likeness (QED) is 0.207. The number of tetrazole rings is 1. The number of H-pyrrole nitrogens is 1. The summed E-state index contributed by atoms with van der Waals surface area (Å²) < 4.78 is 1.86. The Morgan fingerprint density at radius 3 is 2.61 bits per heavy atom. The van der Waals surface area contributed by atoms with Gasteiger partial charge < -0.3 is 0 Å². The summed E-state index contributed by atoms with van der Waals surface area (Å²) in [6, 6.07) is 31.3. The standard InChI is InChI=1S/C37H35N7O2/c1-2-3-12-35-38-32-18-17-27(34-22-33-29-10-5-4-8-25(29)19-20-44(33)46-34)21-31(32)37(45)43(35)23-24-13-15-26(16-14-24)28-9-6-7-11-30(28)36-39-41-42-40-36/h4-11,13-18,21,33-34H,2-3,12,19-20,22-23H2,1H3,(H,39,40,41,42). The predicted octanol–water partition coefficient (Wildman–Crippen LogP) is 6.61. The van der Waals surface area contributed by atoms with E-state index >= 15 is 0 Å². The Kier molecular flexibility index (Phi) is 7.48. The molecule has 8 rings (SSSR count). The molecule has 0 saturated carbocycles. The van der Waals surface area contributed by atoms with E-state index in [1.165, 1.54) is 11.1 Å². The second-order valence-corrected chi connectivity index (χ2v) is 12.2. The number of aryl methyl sites for hydroxylation is 1. The highest BCUT2D eigenvalue weighted by atomic mass is 16.7. The first-order valence-electron chi connectivity index (χ1n) is 16.1. The van der Waals surface area contributed by atoms with Crippen LogP contribution in [0.4, 0.5) is 0 Å². The third-order valence-electron chi connectivity index (χ3n) is 9.37. The van der Waals surface area contributed by atoms with Crippen LogP contribution in [0.3, 0.4) is 0 Å². The van der Waals surface area contributed by atoms with Gasteiger partial charge >= 0.3 is 0 Å². The van der Waals surface area contributed by atoms with Crippen LogP contribution in [0.2, 0.25) is 0 Å². The van der Waals surface area contributed by atoms with E-state index in [0.717, 1.165) is 77.8 Å². The van der Waals surface area contributed by atoms with Gasteiger partial charge in [0, 0.05) is 24.9 Å². The third kappa shape index (κ3) is 5.21. The molecule has 2 unspecified atom stereocenters. The number of nitrogens with one attached hydrogen (secondary N) is 1. The molecule has 0 amide bonds. The lowest BCUT2D eigenvalue weighted by molar-refractivity contribution is -0.167. The summed E-state index contributed by atoms with van der Waals surface area (Å²) in [6.45, 7) is 3.49. The molecule has 9 nitrogen and oxygen atoms in total. The first kappa shape index (κ1) is 28.5. The second-order valence-electron chi connectivity index (χ2n) is 12.2. The maximum absolute atomic E-state index is 14.2. The van der Waals surface area contributed by atoms with Crippen LogP contribution in [0.25, 0.3) is 33.4 Å². The first-order valence-corrected chi connectivity index (χ1v) is 16.1. The fourth-order valence-electron chi connectivity index (χ4n) is 6.96. The van der Waals surface area contributed by atoms with E-state index in [1.807, 2.05) is 34.9 Å². The molecule has 9 heteroatoms. The normalized spacial score (nSPS) is 17.7. The van der Waals surface area contributed by atoms with Crippen LogP contribution in [-0.4, -0.2) is 41.8 Å². The van der Waals surface area contributed by atoms with Gasteiger partial charge in [0.2, 0.25) is 5.82 Å². The molecule has 1 N–H and O–H groups in total. The number of hydrogen-bond acceptors (Lipinski definition) is 7. The van der Waals surface area contributed by atoms with Crippen molar-refractivity contribution in [2.45, 2.75) is 57.7 Å². The van der Waals surface area contributed by atoms with Gasteiger partial charge in [-0.3, -0.25) is 14.2 Å². The van der Waals surface area contributed by atoms with E-state index < -0.39 is 0 Å². The summed E-state index contributed by atoms with van der Waals surface area (Å²) in [4.78, 5) is 25.7. The zero-order chi connectivity index (χ0) is 31.0. The summed E-state index contributed by atoms with van der Waals surface area (Å²) in [6.07, 6.45) is 4.49. The van der Waals surface area contributed by atoms with E-state index in [2.05, 4.69) is 93.3 Å². The second kappa shape index (κ2) is 12.1. The van der Waals surface area contributed by atoms with E-state index in [-0.39, 0.29) is 17.7 Å². The van der Waals surface area contributed by atoms with Crippen molar-refractivity contribution in [1.82, 2.24) is 35.2 Å². The fraction of sp³-hybridized carbons (Fsp3) is 0.270. The molecule has 230 valence electrons. The Labute approximate surface area is 266 Å². The summed E-state index contributed by atoms with van der Waals surface area (Å²) >= 11 is 0. The molecule has 6 aromatic rings. The molecular formula is C37H35N7O2. The molecule has 1 fully saturated rings. The van der Waals surface area contributed by atoms with Gasteiger partial charge in [-0.2, -0.15) is 10.3 Å². The molecule has 0 bridgehead atoms. The molecule has 2 aliphatic heterocycles. The Bertz CT molecular complexity index is 2070. The summed E-state index contributed by atoms with van der Waals surface area (Å²) in [5.74, 6) is 1.38. The number of fused-ring (bicyclic) bond motifs is 4. The van der Waals surface area contributed by atoms with Crippen LogP contribution in [-0.2, 0) is 24.2 Å². The third-order valence-corrected chi connectivity index (χ3v) is 9.37. The highest BCUT2D eigenvalue weighted by molar-refractivity contribution is 5.80. The lowest BCUT2D eigenvalue weighted by Gasteiger charge is -2.29. The van der Waals surface area contributed by atoms with Crippen molar-refractivity contribution in [3.8, 4) is 22.5 Å². The minimum atomic E-state index is -0.101. The molecule has 2 aliphatic rings. The van der Waals surface area contributed by atoms with Gasteiger partial charge in [-0.15, -0.1) is 10.2 Å². The Morgan fingerprint density at radius 2 is 1.78 bits per heavy atom. The van der Waals surface area contributed by atoms with E-state index in [1.54, 1.807) is 0 Å². The highest BCUT2D eigenvalue weighted by Crippen LogP contribution is 2.45. The molecular weight excluding hydrogens is 574 g/mol. The van der Waals surface area contributed by atoms with Crippen LogP contribution < -0.4 is 5.56 Å². The minimum Gasteiger partial charge on any atom is -0.292 e. The van der Waals surface area contributed by atoms with Crippen molar-refractivity contribution in [2.75, 3.05) is 6.54 Å². The van der Waals surface area contributed by atoms with E-state index in [9.17, 15) is 4.79 Å². The van der Waals surface area contributed by atoms with Gasteiger partial charge in [0.25, 0.3) is 5.56 Å². The van der Waals surface area contributed by atoms with Gasteiger partial charge in [-0.05, 0) is 63.6 Å². The molecule has 1 saturated heterocycles. The van der Waals surface area contributed by atoms with Gasteiger partial charge in [0.05, 0.1) is 23.5 Å². The molecule has 2 aromatic heterocycles. The zero-order valence-electron chi connectivity index (χ0n) is 25.8. The smallest absolute Gasteiger partial charge is 0.261 e. The average molecular weight is 610 g/mol. The molecule has 4 aromatic carbocycles. The van der Waals surface area contributed by atoms with E-state index in [4.69, 9.17) is 9.82 Å². The van der Waals surface area contributed by atoms with Gasteiger partial charge in [-0.1, -0.05) is 92.2 Å². The van der Waals surface area contributed by atoms with Crippen molar-refractivity contribution in [1.29, 1.82) is 0 Å². The summed E-state index contributed by atoms with van der Waals surface area (Å²) in [5, 5.41) is 17.4. The van der Waals surface area contributed by atoms with Crippen molar-refractivity contribution >= 4 is 10.9 Å². The van der Waals surface area contributed by atoms with Gasteiger partial charge in [0.15, 0.2) is 0 Å². The number of rotatable bonds is 8. The number of hydroxylamine groups is 2. The van der Waals surface area contributed by atoms with Crippen LogP contribution in [0.15, 0.2) is 95.8 Å². The average Bonchev–Trinajstić information content (AvgIpc) is 3.80. The number of benzene rings is 4. The number of unbranched alkanes of at least 4 members (excludes halogenated alkanes) is 1. The summed E-state index contributed by atoms with van der Waals surface area (Å²) in [7, 11) is 0. The van der Waals surface area contributed by atoms with Crippen LogP contribution >= 0.6 is 0 Å². The fourth-order valence-corrected chi connectivity index (χ4v) is 6.96. The Hall–Kier alpha value is -4.99. The number of aromatic nitrogens is 6. The molecule has 4 heterocycles. The van der Waals surface area contributed by atoms with E-state index in [0.29, 0.717) is 17.8 Å². The Balaban J connectivity index is 1.11. The zero-order valence-corrected chi connectivity index (χ0v) is 25.8. The van der Waals surface area contributed by atoms with Gasteiger partial charge in [-0.25, -0.2) is 4.98 Å². The van der Waals surface area contributed by atoms with Crippen molar-refractivity contribution in [2.24, 2.45) is 0 Å². The monoisotopic (exact) mass is 609 g/mol. The lowest BCUT2D eigenvalue weighted by Crippen LogP contribution is -2.29. The van der Waals surface area contributed by atoms with Crippen LogP contribution in [0, 0.1) is 0 Å². The number of aromatic amines is 1. The largest absolute Gasteiger partial charge is 0.292 e. The maximum atomic E-state index is 14.2. The minimum absolute atomic E-state index is 0.00875. The van der Waals surface area contributed by atoms with Crippen molar-refractivity contribution < 1.29 is 4.84 Å². The lowest BCUT2D eigenvalue weighted by atomic mass is 9.90. The molecule has 2 atom stereocenters. The topological polar surface area (TPSA) is 102 Å². The molecule has 0 spiro atoms. The summed E-state index contributed by atoms with van der Waals surface area (Å²) in [5.41, 5.74) is 8.51. The highest BCUT2D eigenvalue weighted by Gasteiger charge is 2.38. The predicted molar refractivity (Wildman–Crippen MR) is 177 cm³/mol.